The number of nitro groups is 1. The first-order valence-corrected chi connectivity index (χ1v) is 7.44. The van der Waals surface area contributed by atoms with Crippen molar-refractivity contribution in [1.82, 2.24) is 10.7 Å². The minimum Gasteiger partial charge on any atom is -0.343 e. The van der Waals surface area contributed by atoms with Crippen LogP contribution in [0.15, 0.2) is 53.6 Å². The van der Waals surface area contributed by atoms with Gasteiger partial charge in [0.15, 0.2) is 0 Å². The summed E-state index contributed by atoms with van der Waals surface area (Å²) in [5.41, 5.74) is 2.98. The zero-order valence-electron chi connectivity index (χ0n) is 12.8. The molecule has 0 aromatic heterocycles. The smallest absolute Gasteiger partial charge is 0.269 e. The number of halogens is 1. The number of nitro benzene ring substituents is 1. The number of hydrogen-bond donors (Lipinski definition) is 2. The molecule has 0 bridgehead atoms. The van der Waals surface area contributed by atoms with Crippen molar-refractivity contribution < 1.29 is 14.5 Å². The normalized spacial score (nSPS) is 10.4. The Labute approximate surface area is 147 Å². The van der Waals surface area contributed by atoms with E-state index in [1.54, 1.807) is 24.3 Å². The first-order valence-electron chi connectivity index (χ1n) is 7.06. The Kier molecular flexibility index (Phi) is 6.19. The lowest BCUT2D eigenvalue weighted by molar-refractivity contribution is -0.384. The van der Waals surface area contributed by atoms with Gasteiger partial charge in [-0.3, -0.25) is 19.7 Å². The van der Waals surface area contributed by atoms with Crippen molar-refractivity contribution in [2.24, 2.45) is 5.10 Å². The summed E-state index contributed by atoms with van der Waals surface area (Å²) in [4.78, 5) is 33.5. The van der Waals surface area contributed by atoms with Crippen molar-refractivity contribution in [2.45, 2.75) is 0 Å². The molecule has 9 heteroatoms. The number of hydrazone groups is 1. The van der Waals surface area contributed by atoms with Crippen LogP contribution in [0.4, 0.5) is 5.69 Å². The van der Waals surface area contributed by atoms with Crippen LogP contribution in [0.2, 0.25) is 5.02 Å². The highest BCUT2D eigenvalue weighted by Gasteiger charge is 2.10. The van der Waals surface area contributed by atoms with E-state index in [1.165, 1.54) is 30.5 Å². The van der Waals surface area contributed by atoms with E-state index in [2.05, 4.69) is 15.8 Å². The predicted octanol–water partition coefficient (Wildman–Crippen LogP) is 2.13. The quantitative estimate of drug-likeness (QED) is 0.466. The van der Waals surface area contributed by atoms with Crippen molar-refractivity contribution >= 4 is 35.3 Å². The predicted molar refractivity (Wildman–Crippen MR) is 92.6 cm³/mol. The van der Waals surface area contributed by atoms with Gasteiger partial charge in [-0.1, -0.05) is 29.8 Å². The average molecular weight is 361 g/mol. The van der Waals surface area contributed by atoms with Gasteiger partial charge in [0.1, 0.15) is 0 Å². The van der Waals surface area contributed by atoms with Gasteiger partial charge in [0.25, 0.3) is 17.5 Å². The first-order chi connectivity index (χ1) is 12.0. The number of carbonyl (C=O) groups excluding carboxylic acids is 2. The highest BCUT2D eigenvalue weighted by atomic mass is 35.5. The summed E-state index contributed by atoms with van der Waals surface area (Å²) in [6, 6.07) is 12.0. The Bertz CT molecular complexity index is 821. The summed E-state index contributed by atoms with van der Waals surface area (Å²) >= 11 is 5.94. The Balaban J connectivity index is 1.82. The molecule has 0 aliphatic heterocycles. The highest BCUT2D eigenvalue weighted by Crippen LogP contribution is 2.12. The zero-order valence-corrected chi connectivity index (χ0v) is 13.6. The molecule has 0 radical (unpaired) electrons. The molecule has 2 amide bonds. The van der Waals surface area contributed by atoms with Crippen molar-refractivity contribution in [3.63, 3.8) is 0 Å². The van der Waals surface area contributed by atoms with Gasteiger partial charge in [-0.15, -0.1) is 0 Å². The van der Waals surface area contributed by atoms with E-state index in [1.807, 2.05) is 0 Å². The van der Waals surface area contributed by atoms with E-state index in [9.17, 15) is 19.7 Å². The average Bonchev–Trinajstić information content (AvgIpc) is 2.61. The van der Waals surface area contributed by atoms with Crippen LogP contribution in [-0.4, -0.2) is 29.5 Å². The molecule has 2 rings (SSSR count). The number of nitrogens with one attached hydrogen (secondary N) is 2. The van der Waals surface area contributed by atoms with E-state index >= 15 is 0 Å². The third kappa shape index (κ3) is 5.40. The van der Waals surface area contributed by atoms with Crippen LogP contribution in [0, 0.1) is 10.1 Å². The molecule has 8 nitrogen and oxygen atoms in total. The van der Waals surface area contributed by atoms with Gasteiger partial charge >= 0.3 is 0 Å². The maximum atomic E-state index is 11.9. The SMILES string of the molecule is O=C(CNC(=O)c1ccc([N+](=O)[O-])cc1)N/N=C\c1ccccc1Cl. The monoisotopic (exact) mass is 360 g/mol. The van der Waals surface area contributed by atoms with Crippen molar-refractivity contribution in [1.29, 1.82) is 0 Å². The topological polar surface area (TPSA) is 114 Å². The maximum absolute atomic E-state index is 11.9. The standard InChI is InChI=1S/C16H13ClN4O4/c17-14-4-2-1-3-12(14)9-19-20-15(22)10-18-16(23)11-5-7-13(8-6-11)21(24)25/h1-9H,10H2,(H,18,23)(H,20,22)/b19-9-. The van der Waals surface area contributed by atoms with Crippen molar-refractivity contribution in [3.05, 3.63) is 74.8 Å². The third-order valence-corrected chi connectivity index (χ3v) is 3.39. The Morgan fingerprint density at radius 2 is 1.84 bits per heavy atom. The number of nitrogens with zero attached hydrogens (tertiary/aromatic N) is 2. The van der Waals surface area contributed by atoms with Crippen LogP contribution in [0.25, 0.3) is 0 Å². The Morgan fingerprint density at radius 3 is 2.48 bits per heavy atom. The summed E-state index contributed by atoms with van der Waals surface area (Å²) in [6.45, 7) is -0.296. The van der Waals surface area contributed by atoms with E-state index in [0.29, 0.717) is 10.6 Å². The van der Waals surface area contributed by atoms with Crippen LogP contribution in [0.5, 0.6) is 0 Å². The summed E-state index contributed by atoms with van der Waals surface area (Å²) < 4.78 is 0. The molecule has 0 aliphatic carbocycles. The fourth-order valence-corrected chi connectivity index (χ4v) is 1.97. The van der Waals surface area contributed by atoms with Gasteiger partial charge in [-0.2, -0.15) is 5.10 Å². The lowest BCUT2D eigenvalue weighted by Gasteiger charge is -2.04. The van der Waals surface area contributed by atoms with Crippen LogP contribution in [0.3, 0.4) is 0 Å². The second-order valence-corrected chi connectivity index (χ2v) is 5.21. The van der Waals surface area contributed by atoms with Gasteiger partial charge < -0.3 is 5.32 Å². The molecule has 0 fully saturated rings. The molecule has 2 aromatic carbocycles. The highest BCUT2D eigenvalue weighted by molar-refractivity contribution is 6.33. The van der Waals surface area contributed by atoms with Gasteiger partial charge in [-0.05, 0) is 18.2 Å². The van der Waals surface area contributed by atoms with Crippen LogP contribution < -0.4 is 10.7 Å². The summed E-state index contributed by atoms with van der Waals surface area (Å²) in [5.74, 6) is -1.06. The minimum atomic E-state index is -0.563. The van der Waals surface area contributed by atoms with E-state index in [0.717, 1.165) is 0 Å². The van der Waals surface area contributed by atoms with Gasteiger partial charge in [-0.25, -0.2) is 5.43 Å². The molecule has 0 saturated carbocycles. The van der Waals surface area contributed by atoms with Gasteiger partial charge in [0, 0.05) is 28.3 Å². The van der Waals surface area contributed by atoms with E-state index in [-0.39, 0.29) is 17.8 Å². The maximum Gasteiger partial charge on any atom is 0.269 e. The number of non-ortho nitro benzene ring substituents is 1. The molecule has 0 aliphatic rings. The second-order valence-electron chi connectivity index (χ2n) is 4.80. The number of carbonyl (C=O) groups is 2. The molecule has 0 atom stereocenters. The summed E-state index contributed by atoms with van der Waals surface area (Å²) in [6.07, 6.45) is 1.39. The largest absolute Gasteiger partial charge is 0.343 e. The minimum absolute atomic E-state index is 0.122. The molecule has 0 unspecified atom stereocenters. The van der Waals surface area contributed by atoms with Crippen LogP contribution >= 0.6 is 11.6 Å². The van der Waals surface area contributed by atoms with E-state index < -0.39 is 16.7 Å². The number of hydrogen-bond acceptors (Lipinski definition) is 5. The van der Waals surface area contributed by atoms with Crippen molar-refractivity contribution in [3.8, 4) is 0 Å². The Hall–Kier alpha value is -3.26. The molecule has 0 spiro atoms. The molecular formula is C16H13ClN4O4. The number of amides is 2. The molecule has 0 heterocycles. The van der Waals surface area contributed by atoms with Crippen LogP contribution in [-0.2, 0) is 4.79 Å². The van der Waals surface area contributed by atoms with Gasteiger partial charge in [0.2, 0.25) is 0 Å². The van der Waals surface area contributed by atoms with Crippen molar-refractivity contribution in [2.75, 3.05) is 6.54 Å². The lowest BCUT2D eigenvalue weighted by Crippen LogP contribution is -2.34. The Morgan fingerprint density at radius 1 is 1.16 bits per heavy atom. The fourth-order valence-electron chi connectivity index (χ4n) is 1.79. The first kappa shape index (κ1) is 18.1. The molecule has 25 heavy (non-hydrogen) atoms. The second kappa shape index (κ2) is 8.55. The number of benzene rings is 2. The molecular weight excluding hydrogens is 348 g/mol. The molecule has 2 aromatic rings. The van der Waals surface area contributed by atoms with Gasteiger partial charge in [0.05, 0.1) is 17.7 Å². The molecule has 128 valence electrons. The fraction of sp³-hybridized carbons (Fsp3) is 0.0625. The third-order valence-electron chi connectivity index (χ3n) is 3.05. The summed E-state index contributed by atoms with van der Waals surface area (Å²) in [5, 5.41) is 17.2. The lowest BCUT2D eigenvalue weighted by atomic mass is 10.2. The molecule has 0 saturated heterocycles. The summed E-state index contributed by atoms with van der Waals surface area (Å²) in [7, 11) is 0. The van der Waals surface area contributed by atoms with E-state index in [4.69, 9.17) is 11.6 Å². The van der Waals surface area contributed by atoms with Crippen LogP contribution in [0.1, 0.15) is 15.9 Å². The molecule has 2 N–H and O–H groups in total. The zero-order chi connectivity index (χ0) is 18.2. The number of rotatable bonds is 6.